The maximum absolute atomic E-state index is 13.1. The summed E-state index contributed by atoms with van der Waals surface area (Å²) < 4.78 is 51.4. The summed E-state index contributed by atoms with van der Waals surface area (Å²) in [6.45, 7) is 4.21. The van der Waals surface area contributed by atoms with E-state index in [0.717, 1.165) is 12.1 Å². The van der Waals surface area contributed by atoms with E-state index < -0.39 is 27.2 Å². The molecule has 106 valence electrons. The third-order valence-corrected chi connectivity index (χ3v) is 5.41. The highest BCUT2D eigenvalue weighted by Gasteiger charge is 2.47. The van der Waals surface area contributed by atoms with Gasteiger partial charge in [0.1, 0.15) is 0 Å². The molecule has 0 atom stereocenters. The molecule has 1 aromatic carbocycles. The lowest BCUT2D eigenvalue weighted by Gasteiger charge is -2.49. The van der Waals surface area contributed by atoms with Crippen molar-refractivity contribution in [2.45, 2.75) is 24.3 Å². The van der Waals surface area contributed by atoms with Gasteiger partial charge in [0.15, 0.2) is 11.6 Å². The molecule has 0 spiro atoms. The maximum Gasteiger partial charge on any atom is 0.243 e. The van der Waals surface area contributed by atoms with Gasteiger partial charge < -0.3 is 5.73 Å². The molecule has 2 rings (SSSR count). The molecule has 0 aromatic heterocycles. The molecule has 0 saturated carbocycles. The van der Waals surface area contributed by atoms with Gasteiger partial charge in [0.05, 0.1) is 4.90 Å². The minimum Gasteiger partial charge on any atom is -0.323 e. The molecule has 0 unspecified atom stereocenters. The van der Waals surface area contributed by atoms with Crippen molar-refractivity contribution in [2.24, 2.45) is 11.7 Å². The number of hydrogen-bond donors (Lipinski definition) is 1. The Morgan fingerprint density at radius 3 is 2.32 bits per heavy atom. The van der Waals surface area contributed by atoms with Crippen LogP contribution in [0.2, 0.25) is 0 Å². The topological polar surface area (TPSA) is 63.4 Å². The molecule has 19 heavy (non-hydrogen) atoms. The fourth-order valence-corrected chi connectivity index (χ4v) is 3.54. The second-order valence-corrected chi connectivity index (χ2v) is 7.17. The largest absolute Gasteiger partial charge is 0.323 e. The Labute approximate surface area is 111 Å². The first-order valence-corrected chi connectivity index (χ1v) is 7.35. The molecule has 1 aromatic rings. The van der Waals surface area contributed by atoms with Crippen molar-refractivity contribution in [3.05, 3.63) is 29.8 Å². The molecular weight excluding hydrogens is 274 g/mol. The van der Waals surface area contributed by atoms with Gasteiger partial charge in [0.2, 0.25) is 10.0 Å². The van der Waals surface area contributed by atoms with Crippen LogP contribution in [0.3, 0.4) is 0 Å². The number of halogens is 2. The fraction of sp³-hybridized carbons (Fsp3) is 0.500. The molecule has 4 nitrogen and oxygen atoms in total. The van der Waals surface area contributed by atoms with E-state index in [4.69, 9.17) is 5.73 Å². The number of nitrogens with zero attached hydrogens (tertiary/aromatic N) is 1. The summed E-state index contributed by atoms with van der Waals surface area (Å²) in [6.07, 6.45) is 0. The van der Waals surface area contributed by atoms with Gasteiger partial charge in [-0.15, -0.1) is 0 Å². The Bertz CT molecular complexity index is 596. The molecule has 0 radical (unpaired) electrons. The quantitative estimate of drug-likeness (QED) is 0.913. The first-order chi connectivity index (χ1) is 8.67. The predicted molar refractivity (Wildman–Crippen MR) is 66.9 cm³/mol. The van der Waals surface area contributed by atoms with Crippen LogP contribution in [0, 0.1) is 17.6 Å². The Morgan fingerprint density at radius 2 is 1.84 bits per heavy atom. The molecule has 0 aliphatic carbocycles. The molecule has 1 heterocycles. The summed E-state index contributed by atoms with van der Waals surface area (Å²) in [6, 6.07) is 2.55. The van der Waals surface area contributed by atoms with Gasteiger partial charge in [-0.25, -0.2) is 17.2 Å². The Kier molecular flexibility index (Phi) is 3.40. The monoisotopic (exact) mass is 290 g/mol. The van der Waals surface area contributed by atoms with Crippen molar-refractivity contribution in [1.82, 2.24) is 4.31 Å². The van der Waals surface area contributed by atoms with Gasteiger partial charge in [-0.2, -0.15) is 4.31 Å². The van der Waals surface area contributed by atoms with Crippen molar-refractivity contribution < 1.29 is 17.2 Å². The van der Waals surface area contributed by atoms with Crippen LogP contribution in [0.1, 0.15) is 13.8 Å². The highest BCUT2D eigenvalue weighted by atomic mass is 32.2. The van der Waals surface area contributed by atoms with Crippen LogP contribution in [0.15, 0.2) is 23.1 Å². The average molecular weight is 290 g/mol. The van der Waals surface area contributed by atoms with E-state index in [-0.39, 0.29) is 23.9 Å². The molecule has 1 aliphatic rings. The Balaban J connectivity index is 2.23. The van der Waals surface area contributed by atoms with E-state index in [1.54, 1.807) is 0 Å². The molecule has 2 N–H and O–H groups in total. The summed E-state index contributed by atoms with van der Waals surface area (Å²) >= 11 is 0. The van der Waals surface area contributed by atoms with Crippen LogP contribution in [-0.2, 0) is 10.0 Å². The van der Waals surface area contributed by atoms with Gasteiger partial charge in [-0.3, -0.25) is 0 Å². The molecule has 1 aliphatic heterocycles. The molecule has 0 amide bonds. The van der Waals surface area contributed by atoms with Crippen molar-refractivity contribution in [3.8, 4) is 0 Å². The zero-order valence-corrected chi connectivity index (χ0v) is 11.5. The normalized spacial score (nSPS) is 19.5. The van der Waals surface area contributed by atoms with E-state index in [2.05, 4.69) is 0 Å². The summed E-state index contributed by atoms with van der Waals surface area (Å²) in [5.74, 6) is -2.11. The Hall–Kier alpha value is -1.05. The standard InChI is InChI=1S/C12H16F2N2O2S/c1-8(2)12(15)6-16(7-12)19(17,18)9-3-4-10(13)11(14)5-9/h3-5,8H,6-7,15H2,1-2H3. The zero-order chi connectivity index (χ0) is 14.4. The second-order valence-electron chi connectivity index (χ2n) is 5.24. The molecule has 1 fully saturated rings. The van der Waals surface area contributed by atoms with Gasteiger partial charge in [0, 0.05) is 18.6 Å². The minimum atomic E-state index is -3.80. The van der Waals surface area contributed by atoms with E-state index in [0.29, 0.717) is 6.07 Å². The molecular formula is C12H16F2N2O2S. The predicted octanol–water partition coefficient (Wildman–Crippen LogP) is 1.32. The second kappa shape index (κ2) is 4.50. The third-order valence-electron chi connectivity index (χ3n) is 3.62. The van der Waals surface area contributed by atoms with Crippen molar-refractivity contribution in [3.63, 3.8) is 0 Å². The minimum absolute atomic E-state index is 0.143. The van der Waals surface area contributed by atoms with Crippen LogP contribution < -0.4 is 5.73 Å². The van der Waals surface area contributed by atoms with Gasteiger partial charge in [0.25, 0.3) is 0 Å². The maximum atomic E-state index is 13.1. The van der Waals surface area contributed by atoms with Crippen LogP contribution in [0.4, 0.5) is 8.78 Å². The number of hydrogen-bond acceptors (Lipinski definition) is 3. The van der Waals surface area contributed by atoms with E-state index in [1.807, 2.05) is 13.8 Å². The average Bonchev–Trinajstić information content (AvgIpc) is 2.27. The summed E-state index contributed by atoms with van der Waals surface area (Å²) in [5, 5.41) is 0. The number of nitrogens with two attached hydrogens (primary N) is 1. The lowest BCUT2D eigenvalue weighted by atomic mass is 9.82. The summed E-state index contributed by atoms with van der Waals surface area (Å²) in [5.41, 5.74) is 5.47. The number of sulfonamides is 1. The van der Waals surface area contributed by atoms with Gasteiger partial charge in [-0.1, -0.05) is 13.8 Å². The highest BCUT2D eigenvalue weighted by molar-refractivity contribution is 7.89. The van der Waals surface area contributed by atoms with Crippen LogP contribution in [-0.4, -0.2) is 31.4 Å². The highest BCUT2D eigenvalue weighted by Crippen LogP contribution is 2.31. The first kappa shape index (κ1) is 14.4. The van der Waals surface area contributed by atoms with Crippen molar-refractivity contribution in [2.75, 3.05) is 13.1 Å². The summed E-state index contributed by atoms with van der Waals surface area (Å²) in [7, 11) is -3.80. The Morgan fingerprint density at radius 1 is 1.26 bits per heavy atom. The van der Waals surface area contributed by atoms with Crippen LogP contribution in [0.25, 0.3) is 0 Å². The van der Waals surface area contributed by atoms with E-state index >= 15 is 0 Å². The molecule has 0 bridgehead atoms. The number of benzene rings is 1. The molecule has 7 heteroatoms. The van der Waals surface area contributed by atoms with Crippen LogP contribution >= 0.6 is 0 Å². The first-order valence-electron chi connectivity index (χ1n) is 5.91. The smallest absolute Gasteiger partial charge is 0.243 e. The van der Waals surface area contributed by atoms with Crippen LogP contribution in [0.5, 0.6) is 0 Å². The van der Waals surface area contributed by atoms with E-state index in [9.17, 15) is 17.2 Å². The van der Waals surface area contributed by atoms with Gasteiger partial charge >= 0.3 is 0 Å². The molecule has 1 saturated heterocycles. The lowest BCUT2D eigenvalue weighted by molar-refractivity contribution is 0.110. The van der Waals surface area contributed by atoms with Crippen molar-refractivity contribution in [1.29, 1.82) is 0 Å². The van der Waals surface area contributed by atoms with E-state index in [1.165, 1.54) is 4.31 Å². The summed E-state index contributed by atoms with van der Waals surface area (Å²) in [4.78, 5) is -0.253. The number of rotatable bonds is 3. The third kappa shape index (κ3) is 2.37. The van der Waals surface area contributed by atoms with Gasteiger partial charge in [-0.05, 0) is 24.1 Å². The fourth-order valence-electron chi connectivity index (χ4n) is 1.93. The SMILES string of the molecule is CC(C)C1(N)CN(S(=O)(=O)c2ccc(F)c(F)c2)C1. The zero-order valence-electron chi connectivity index (χ0n) is 10.7. The lowest BCUT2D eigenvalue weighted by Crippen LogP contribution is -2.70. The van der Waals surface area contributed by atoms with Crippen molar-refractivity contribution >= 4 is 10.0 Å².